The van der Waals surface area contributed by atoms with E-state index >= 15 is 0 Å². The fourth-order valence-electron chi connectivity index (χ4n) is 1.66. The summed E-state index contributed by atoms with van der Waals surface area (Å²) in [6, 6.07) is 0. The Morgan fingerprint density at radius 2 is 2.22 bits per heavy atom. The number of carbonyl (C=O) groups excluding carboxylic acids is 1. The van der Waals surface area contributed by atoms with Gasteiger partial charge in [0.1, 0.15) is 0 Å². The summed E-state index contributed by atoms with van der Waals surface area (Å²) >= 11 is 1.70. The molecule has 100 valence electrons. The van der Waals surface area contributed by atoms with Crippen LogP contribution in [0.25, 0.3) is 0 Å². The second-order valence-electron chi connectivity index (χ2n) is 3.92. The van der Waals surface area contributed by atoms with Crippen molar-refractivity contribution < 1.29 is 19.4 Å². The Bertz CT molecular complexity index is 349. The summed E-state index contributed by atoms with van der Waals surface area (Å²) in [4.78, 5) is 21.5. The van der Waals surface area contributed by atoms with Crippen molar-refractivity contribution in [2.75, 3.05) is 6.61 Å². The minimum Gasteiger partial charge on any atom is -0.478 e. The Labute approximate surface area is 111 Å². The minimum atomic E-state index is -0.922. The van der Waals surface area contributed by atoms with E-state index < -0.39 is 5.97 Å². The molecule has 0 bridgehead atoms. The lowest BCUT2D eigenvalue weighted by molar-refractivity contribution is -0.143. The number of hydrogen-bond donors (Lipinski definition) is 1. The summed E-state index contributed by atoms with van der Waals surface area (Å²) in [6.45, 7) is 2.23. The highest BCUT2D eigenvalue weighted by molar-refractivity contribution is 8.01. The molecule has 2 unspecified atom stereocenters. The van der Waals surface area contributed by atoms with Gasteiger partial charge in [-0.15, -0.1) is 11.8 Å². The molecule has 0 saturated heterocycles. The van der Waals surface area contributed by atoms with Crippen LogP contribution in [0.15, 0.2) is 24.3 Å². The second-order valence-corrected chi connectivity index (χ2v) is 5.34. The molecule has 18 heavy (non-hydrogen) atoms. The highest BCUT2D eigenvalue weighted by Gasteiger charge is 2.17. The molecule has 1 rings (SSSR count). The van der Waals surface area contributed by atoms with Gasteiger partial charge in [-0.2, -0.15) is 0 Å². The Kier molecular flexibility index (Phi) is 6.57. The van der Waals surface area contributed by atoms with Crippen LogP contribution in [0.5, 0.6) is 0 Å². The van der Waals surface area contributed by atoms with Gasteiger partial charge in [0.15, 0.2) is 0 Å². The average Bonchev–Trinajstić information content (AvgIpc) is 2.75. The van der Waals surface area contributed by atoms with Gasteiger partial charge < -0.3 is 9.84 Å². The van der Waals surface area contributed by atoms with E-state index in [0.717, 1.165) is 12.8 Å². The van der Waals surface area contributed by atoms with Crippen molar-refractivity contribution in [1.82, 2.24) is 0 Å². The molecule has 0 aromatic rings. The zero-order chi connectivity index (χ0) is 13.4. The quantitative estimate of drug-likeness (QED) is 0.437. The maximum atomic E-state index is 11.1. The first-order valence-corrected chi connectivity index (χ1v) is 6.96. The molecule has 4 nitrogen and oxygen atoms in total. The number of rotatable bonds is 7. The molecule has 0 amide bonds. The van der Waals surface area contributed by atoms with E-state index in [1.54, 1.807) is 24.8 Å². The molecule has 2 atom stereocenters. The van der Waals surface area contributed by atoms with Crippen molar-refractivity contribution in [3.8, 4) is 0 Å². The fraction of sp³-hybridized carbons (Fsp3) is 0.538. The highest BCUT2D eigenvalue weighted by Crippen LogP contribution is 2.31. The van der Waals surface area contributed by atoms with Crippen molar-refractivity contribution in [1.29, 1.82) is 0 Å². The molecule has 0 aliphatic carbocycles. The maximum Gasteiger partial charge on any atom is 0.328 e. The SMILES string of the molecule is CCOC(=O)CCCC1C=CC(/C=C/C(=O)O)S1. The zero-order valence-electron chi connectivity index (χ0n) is 10.4. The zero-order valence-corrected chi connectivity index (χ0v) is 11.2. The lowest BCUT2D eigenvalue weighted by Gasteiger charge is -2.08. The fourth-order valence-corrected chi connectivity index (χ4v) is 2.90. The first kappa shape index (κ1) is 14.8. The summed E-state index contributed by atoms with van der Waals surface area (Å²) in [5.74, 6) is -1.07. The predicted octanol–water partition coefficient (Wildman–Crippen LogP) is 2.40. The van der Waals surface area contributed by atoms with Gasteiger partial charge >= 0.3 is 11.9 Å². The predicted molar refractivity (Wildman–Crippen MR) is 71.6 cm³/mol. The molecule has 1 N–H and O–H groups in total. The van der Waals surface area contributed by atoms with Crippen molar-refractivity contribution in [2.24, 2.45) is 0 Å². The van der Waals surface area contributed by atoms with Gasteiger partial charge in [-0.3, -0.25) is 4.79 Å². The van der Waals surface area contributed by atoms with Crippen molar-refractivity contribution in [3.63, 3.8) is 0 Å². The normalized spacial score (nSPS) is 22.5. The van der Waals surface area contributed by atoms with Crippen LogP contribution >= 0.6 is 11.8 Å². The first-order chi connectivity index (χ1) is 8.61. The molecule has 0 saturated carbocycles. The third kappa shape index (κ3) is 5.91. The third-order valence-electron chi connectivity index (χ3n) is 2.45. The lowest BCUT2D eigenvalue weighted by Crippen LogP contribution is -2.05. The van der Waals surface area contributed by atoms with E-state index in [-0.39, 0.29) is 11.2 Å². The van der Waals surface area contributed by atoms with Crippen LogP contribution in [0.3, 0.4) is 0 Å². The summed E-state index contributed by atoms with van der Waals surface area (Å²) in [5, 5.41) is 9.02. The average molecular weight is 270 g/mol. The number of aliphatic carboxylic acids is 1. The maximum absolute atomic E-state index is 11.1. The molecular weight excluding hydrogens is 252 g/mol. The van der Waals surface area contributed by atoms with E-state index in [9.17, 15) is 9.59 Å². The van der Waals surface area contributed by atoms with Gasteiger partial charge in [-0.05, 0) is 19.8 Å². The van der Waals surface area contributed by atoms with Crippen LogP contribution in [0.1, 0.15) is 26.2 Å². The van der Waals surface area contributed by atoms with Crippen LogP contribution in [-0.4, -0.2) is 34.2 Å². The van der Waals surface area contributed by atoms with Crippen LogP contribution in [0.2, 0.25) is 0 Å². The van der Waals surface area contributed by atoms with Gasteiger partial charge in [0, 0.05) is 23.0 Å². The van der Waals surface area contributed by atoms with E-state index in [2.05, 4.69) is 6.08 Å². The number of carbonyl (C=O) groups is 2. The molecule has 1 aliphatic heterocycles. The van der Waals surface area contributed by atoms with E-state index in [1.807, 2.05) is 6.08 Å². The molecule has 0 aromatic heterocycles. The van der Waals surface area contributed by atoms with Crippen LogP contribution in [0, 0.1) is 0 Å². The van der Waals surface area contributed by atoms with Crippen molar-refractivity contribution >= 4 is 23.7 Å². The second kappa shape index (κ2) is 7.97. The molecular formula is C13H18O4S. The Morgan fingerprint density at radius 3 is 2.89 bits per heavy atom. The van der Waals surface area contributed by atoms with E-state index in [0.29, 0.717) is 18.3 Å². The van der Waals surface area contributed by atoms with Crippen LogP contribution in [0.4, 0.5) is 0 Å². The number of esters is 1. The van der Waals surface area contributed by atoms with Gasteiger partial charge in [0.05, 0.1) is 6.61 Å². The minimum absolute atomic E-state index is 0.133. The third-order valence-corrected chi connectivity index (χ3v) is 3.82. The standard InChI is InChI=1S/C13H18O4S/c1-2-17-13(16)5-3-4-10-6-7-11(18-10)8-9-12(14)15/h6-11H,2-5H2,1H3,(H,14,15)/b9-8+. The van der Waals surface area contributed by atoms with E-state index in [1.165, 1.54) is 6.08 Å². The lowest BCUT2D eigenvalue weighted by atomic mass is 10.2. The molecule has 0 spiro atoms. The molecule has 0 aromatic carbocycles. The summed E-state index contributed by atoms with van der Waals surface area (Å²) in [6.07, 6.45) is 9.09. The van der Waals surface area contributed by atoms with E-state index in [4.69, 9.17) is 9.84 Å². The van der Waals surface area contributed by atoms with Gasteiger partial charge in [0.25, 0.3) is 0 Å². The first-order valence-electron chi connectivity index (χ1n) is 6.02. The van der Waals surface area contributed by atoms with Crippen LogP contribution in [-0.2, 0) is 14.3 Å². The highest BCUT2D eigenvalue weighted by atomic mass is 32.2. The number of ether oxygens (including phenoxy) is 1. The van der Waals surface area contributed by atoms with Gasteiger partial charge in [-0.1, -0.05) is 18.2 Å². The van der Waals surface area contributed by atoms with Gasteiger partial charge in [-0.25, -0.2) is 4.79 Å². The number of hydrogen-bond acceptors (Lipinski definition) is 4. The molecule has 5 heteroatoms. The monoisotopic (exact) mass is 270 g/mol. The van der Waals surface area contributed by atoms with Crippen molar-refractivity contribution in [2.45, 2.75) is 36.7 Å². The Balaban J connectivity index is 2.18. The van der Waals surface area contributed by atoms with Gasteiger partial charge in [0.2, 0.25) is 0 Å². The van der Waals surface area contributed by atoms with Crippen molar-refractivity contribution in [3.05, 3.63) is 24.3 Å². The molecule has 0 fully saturated rings. The number of thioether (sulfide) groups is 1. The number of carboxylic acids is 1. The topological polar surface area (TPSA) is 63.6 Å². The molecule has 1 aliphatic rings. The molecule has 0 radical (unpaired) electrons. The Hall–Kier alpha value is -1.23. The Morgan fingerprint density at radius 1 is 1.44 bits per heavy atom. The molecule has 1 heterocycles. The largest absolute Gasteiger partial charge is 0.478 e. The summed E-state index contributed by atoms with van der Waals surface area (Å²) in [7, 11) is 0. The summed E-state index contributed by atoms with van der Waals surface area (Å²) in [5.41, 5.74) is 0. The van der Waals surface area contributed by atoms with Crippen LogP contribution < -0.4 is 0 Å². The number of carboxylic acid groups (broad SMARTS) is 1. The smallest absolute Gasteiger partial charge is 0.328 e. The summed E-state index contributed by atoms with van der Waals surface area (Å²) < 4.78 is 4.85.